The predicted molar refractivity (Wildman–Crippen MR) is 89.1 cm³/mol. The van der Waals surface area contributed by atoms with Crippen LogP contribution in [0.1, 0.15) is 48.0 Å². The summed E-state index contributed by atoms with van der Waals surface area (Å²) >= 11 is 3.16. The summed E-state index contributed by atoms with van der Waals surface area (Å²) in [7, 11) is 0. The number of hydrogen-bond acceptors (Lipinski definition) is 4. The van der Waals surface area contributed by atoms with Crippen molar-refractivity contribution in [3.8, 4) is 9.88 Å². The molecule has 0 atom stereocenters. The average molecular weight is 320 g/mol. The standard InChI is InChI=1S/C16H20N2OS2/c1-10-5-7-12(8-6-10)18-15(19)14-11(2)17-16(21-14)13-4-3-9-20-13/h3-4,9-10,12H,5-8H2,1-2H3,(H,18,19). The second kappa shape index (κ2) is 6.28. The molecule has 3 rings (SSSR count). The van der Waals surface area contributed by atoms with Gasteiger partial charge in [0.25, 0.3) is 5.91 Å². The van der Waals surface area contributed by atoms with Gasteiger partial charge in [0.1, 0.15) is 9.88 Å². The monoisotopic (exact) mass is 320 g/mol. The zero-order valence-corrected chi connectivity index (χ0v) is 14.0. The van der Waals surface area contributed by atoms with E-state index in [1.807, 2.05) is 24.4 Å². The van der Waals surface area contributed by atoms with Crippen LogP contribution in [0.25, 0.3) is 9.88 Å². The number of aryl methyl sites for hydroxylation is 1. The van der Waals surface area contributed by atoms with E-state index in [4.69, 9.17) is 0 Å². The molecular formula is C16H20N2OS2. The maximum Gasteiger partial charge on any atom is 0.263 e. The topological polar surface area (TPSA) is 42.0 Å². The third-order valence-electron chi connectivity index (χ3n) is 4.09. The zero-order valence-electron chi connectivity index (χ0n) is 12.4. The van der Waals surface area contributed by atoms with Gasteiger partial charge in [-0.3, -0.25) is 4.79 Å². The molecule has 3 nitrogen and oxygen atoms in total. The van der Waals surface area contributed by atoms with Crippen molar-refractivity contribution < 1.29 is 4.79 Å². The van der Waals surface area contributed by atoms with E-state index < -0.39 is 0 Å². The van der Waals surface area contributed by atoms with Crippen LogP contribution in [-0.4, -0.2) is 16.9 Å². The van der Waals surface area contributed by atoms with Crippen LogP contribution in [0.5, 0.6) is 0 Å². The number of hydrogen-bond donors (Lipinski definition) is 1. The van der Waals surface area contributed by atoms with Crippen LogP contribution in [0.2, 0.25) is 0 Å². The van der Waals surface area contributed by atoms with Gasteiger partial charge in [0.15, 0.2) is 0 Å². The molecule has 1 saturated carbocycles. The summed E-state index contributed by atoms with van der Waals surface area (Å²) in [5.41, 5.74) is 0.838. The largest absolute Gasteiger partial charge is 0.349 e. The van der Waals surface area contributed by atoms with Crippen molar-refractivity contribution in [3.05, 3.63) is 28.1 Å². The Morgan fingerprint density at radius 2 is 2.10 bits per heavy atom. The quantitative estimate of drug-likeness (QED) is 0.905. The molecule has 0 spiro atoms. The van der Waals surface area contributed by atoms with Gasteiger partial charge in [0.05, 0.1) is 10.6 Å². The lowest BCUT2D eigenvalue weighted by molar-refractivity contribution is 0.0926. The first kappa shape index (κ1) is 14.7. The number of thiophene rings is 1. The van der Waals surface area contributed by atoms with Gasteiger partial charge >= 0.3 is 0 Å². The first-order chi connectivity index (χ1) is 10.1. The molecule has 0 bridgehead atoms. The molecule has 0 aliphatic heterocycles. The zero-order chi connectivity index (χ0) is 14.8. The predicted octanol–water partition coefficient (Wildman–Crippen LogP) is 4.49. The van der Waals surface area contributed by atoms with Crippen molar-refractivity contribution in [2.75, 3.05) is 0 Å². The number of aromatic nitrogens is 1. The van der Waals surface area contributed by atoms with Gasteiger partial charge in [0, 0.05) is 6.04 Å². The second-order valence-electron chi connectivity index (χ2n) is 5.84. The van der Waals surface area contributed by atoms with E-state index in [9.17, 15) is 4.79 Å². The molecule has 0 unspecified atom stereocenters. The molecule has 2 heterocycles. The molecule has 0 aromatic carbocycles. The number of amides is 1. The molecule has 112 valence electrons. The Morgan fingerprint density at radius 1 is 1.33 bits per heavy atom. The molecule has 2 aromatic heterocycles. The van der Waals surface area contributed by atoms with Crippen molar-refractivity contribution in [2.45, 2.75) is 45.6 Å². The molecule has 2 aromatic rings. The van der Waals surface area contributed by atoms with Gasteiger partial charge in [0.2, 0.25) is 0 Å². The van der Waals surface area contributed by atoms with E-state index in [1.165, 1.54) is 24.2 Å². The molecule has 5 heteroatoms. The number of nitrogens with one attached hydrogen (secondary N) is 1. The SMILES string of the molecule is Cc1nc(-c2cccs2)sc1C(=O)NC1CCC(C)CC1. The first-order valence-corrected chi connectivity index (χ1v) is 9.15. The van der Waals surface area contributed by atoms with Gasteiger partial charge in [-0.25, -0.2) is 4.98 Å². The maximum absolute atomic E-state index is 12.5. The Kier molecular flexibility index (Phi) is 4.40. The van der Waals surface area contributed by atoms with Gasteiger partial charge in [-0.15, -0.1) is 22.7 Å². The van der Waals surface area contributed by atoms with Gasteiger partial charge < -0.3 is 5.32 Å². The van der Waals surface area contributed by atoms with Crippen molar-refractivity contribution >= 4 is 28.6 Å². The van der Waals surface area contributed by atoms with Gasteiger partial charge in [-0.1, -0.05) is 13.0 Å². The van der Waals surface area contributed by atoms with Gasteiger partial charge in [-0.2, -0.15) is 0 Å². The number of carbonyl (C=O) groups excluding carboxylic acids is 1. The van der Waals surface area contributed by atoms with Crippen LogP contribution >= 0.6 is 22.7 Å². The fraction of sp³-hybridized carbons (Fsp3) is 0.500. The smallest absolute Gasteiger partial charge is 0.263 e. The lowest BCUT2D eigenvalue weighted by atomic mass is 9.87. The first-order valence-electron chi connectivity index (χ1n) is 7.45. The van der Waals surface area contributed by atoms with E-state index in [-0.39, 0.29) is 5.91 Å². The minimum absolute atomic E-state index is 0.0485. The molecule has 1 amide bonds. The Balaban J connectivity index is 1.70. The summed E-state index contributed by atoms with van der Waals surface area (Å²) in [5, 5.41) is 6.18. The van der Waals surface area contributed by atoms with Crippen molar-refractivity contribution in [2.24, 2.45) is 5.92 Å². The second-order valence-corrected chi connectivity index (χ2v) is 7.79. The molecular weight excluding hydrogens is 300 g/mol. The van der Waals surface area contributed by atoms with Crippen molar-refractivity contribution in [1.82, 2.24) is 10.3 Å². The van der Waals surface area contributed by atoms with Crippen LogP contribution in [0, 0.1) is 12.8 Å². The molecule has 1 fully saturated rings. The Morgan fingerprint density at radius 3 is 2.76 bits per heavy atom. The fourth-order valence-corrected chi connectivity index (χ4v) is 4.53. The van der Waals surface area contributed by atoms with E-state index >= 15 is 0 Å². The van der Waals surface area contributed by atoms with E-state index in [0.29, 0.717) is 6.04 Å². The summed E-state index contributed by atoms with van der Waals surface area (Å²) in [6, 6.07) is 4.40. The van der Waals surface area contributed by atoms with E-state index in [0.717, 1.165) is 39.2 Å². The highest BCUT2D eigenvalue weighted by Gasteiger charge is 2.23. The minimum Gasteiger partial charge on any atom is -0.349 e. The Labute approximate surface area is 133 Å². The summed E-state index contributed by atoms with van der Waals surface area (Å²) in [6.07, 6.45) is 4.63. The van der Waals surface area contributed by atoms with Crippen LogP contribution in [0.3, 0.4) is 0 Å². The van der Waals surface area contributed by atoms with E-state index in [2.05, 4.69) is 17.2 Å². The molecule has 0 saturated heterocycles. The van der Waals surface area contributed by atoms with Crippen LogP contribution in [0.15, 0.2) is 17.5 Å². The highest BCUT2D eigenvalue weighted by molar-refractivity contribution is 7.22. The highest BCUT2D eigenvalue weighted by atomic mass is 32.1. The van der Waals surface area contributed by atoms with Crippen LogP contribution < -0.4 is 5.32 Å². The number of thiazole rings is 1. The Bertz CT molecular complexity index is 610. The summed E-state index contributed by atoms with van der Waals surface area (Å²) in [4.78, 5) is 18.9. The third kappa shape index (κ3) is 3.35. The van der Waals surface area contributed by atoms with Crippen LogP contribution in [0.4, 0.5) is 0 Å². The fourth-order valence-electron chi connectivity index (χ4n) is 2.77. The van der Waals surface area contributed by atoms with Crippen molar-refractivity contribution in [1.29, 1.82) is 0 Å². The summed E-state index contributed by atoms with van der Waals surface area (Å²) in [6.45, 7) is 4.21. The molecule has 1 N–H and O–H groups in total. The van der Waals surface area contributed by atoms with E-state index in [1.54, 1.807) is 11.3 Å². The van der Waals surface area contributed by atoms with Gasteiger partial charge in [-0.05, 0) is 50.0 Å². The normalized spacial score (nSPS) is 22.2. The molecule has 1 aliphatic rings. The molecule has 21 heavy (non-hydrogen) atoms. The molecule has 0 radical (unpaired) electrons. The minimum atomic E-state index is 0.0485. The lowest BCUT2D eigenvalue weighted by Gasteiger charge is -2.26. The summed E-state index contributed by atoms with van der Waals surface area (Å²) < 4.78 is 0. The molecule has 1 aliphatic carbocycles. The van der Waals surface area contributed by atoms with Crippen molar-refractivity contribution in [3.63, 3.8) is 0 Å². The van der Waals surface area contributed by atoms with Crippen LogP contribution in [-0.2, 0) is 0 Å². The maximum atomic E-state index is 12.5. The lowest BCUT2D eigenvalue weighted by Crippen LogP contribution is -2.37. The summed E-state index contributed by atoms with van der Waals surface area (Å²) in [5.74, 6) is 0.848. The average Bonchev–Trinajstić information content (AvgIpc) is 3.10. The highest BCUT2D eigenvalue weighted by Crippen LogP contribution is 2.31. The third-order valence-corrected chi connectivity index (χ3v) is 6.28. The number of carbonyl (C=O) groups is 1. The number of rotatable bonds is 3. The number of nitrogens with zero attached hydrogens (tertiary/aromatic N) is 1. The Hall–Kier alpha value is -1.20.